The molecule has 4 bridgehead atoms. The highest BCUT2D eigenvalue weighted by molar-refractivity contribution is 6.31. The van der Waals surface area contributed by atoms with Crippen LogP contribution in [0, 0.1) is 17.8 Å². The lowest BCUT2D eigenvalue weighted by atomic mass is 9.52. The quantitative estimate of drug-likeness (QED) is 0.228. The summed E-state index contributed by atoms with van der Waals surface area (Å²) < 4.78 is 7.77. The molecule has 44 heavy (non-hydrogen) atoms. The molecule has 8 heteroatoms. The van der Waals surface area contributed by atoms with E-state index in [1.54, 1.807) is 24.4 Å². The summed E-state index contributed by atoms with van der Waals surface area (Å²) in [7, 11) is 0. The second kappa shape index (κ2) is 10.5. The Morgan fingerprint density at radius 1 is 1.02 bits per heavy atom. The summed E-state index contributed by atoms with van der Waals surface area (Å²) in [4.78, 5) is 31.9. The van der Waals surface area contributed by atoms with Crippen molar-refractivity contribution in [3.8, 4) is 17.3 Å². The number of pyridine rings is 1. The molecular weight excluding hydrogens is 574 g/mol. The van der Waals surface area contributed by atoms with Crippen LogP contribution < -0.4 is 10.7 Å². The highest BCUT2D eigenvalue weighted by atomic mass is 35.5. The summed E-state index contributed by atoms with van der Waals surface area (Å²) in [5.74, 6) is 1.52. The molecule has 4 aliphatic rings. The van der Waals surface area contributed by atoms with E-state index < -0.39 is 5.60 Å². The minimum Gasteiger partial charge on any atom is -0.443 e. The van der Waals surface area contributed by atoms with Gasteiger partial charge in [-0.15, -0.1) is 0 Å². The SMILES string of the molecule is O=C(N[C@@H]1[C@@H]2C[C@@H]3C[C@H]1C[C@@](O)(C3)C2)c1ccc(Cc2c(-c3ncco3)n(-c3ccccc3)c3cc(Cl)ccc3c2=O)cc1. The van der Waals surface area contributed by atoms with E-state index in [0.717, 1.165) is 43.4 Å². The van der Waals surface area contributed by atoms with Crippen LogP contribution in [0.5, 0.6) is 0 Å². The molecule has 5 aromatic rings. The highest BCUT2D eigenvalue weighted by Crippen LogP contribution is 2.55. The van der Waals surface area contributed by atoms with E-state index >= 15 is 0 Å². The van der Waals surface area contributed by atoms with Crippen LogP contribution in [0.25, 0.3) is 28.2 Å². The maximum absolute atomic E-state index is 14.1. The first kappa shape index (κ1) is 27.4. The Kier molecular flexibility index (Phi) is 6.50. The number of nitrogens with zero attached hydrogens (tertiary/aromatic N) is 2. The average Bonchev–Trinajstić information content (AvgIpc) is 3.55. The predicted molar refractivity (Wildman–Crippen MR) is 169 cm³/mol. The van der Waals surface area contributed by atoms with Gasteiger partial charge < -0.3 is 19.4 Å². The third-order valence-electron chi connectivity index (χ3n) is 10.0. The summed E-state index contributed by atoms with van der Waals surface area (Å²) in [5, 5.41) is 15.3. The van der Waals surface area contributed by atoms with Crippen molar-refractivity contribution in [2.24, 2.45) is 17.8 Å². The molecule has 0 aliphatic heterocycles. The molecule has 1 amide bonds. The molecule has 0 spiro atoms. The number of nitrogens with one attached hydrogen (secondary N) is 1. The van der Waals surface area contributed by atoms with Crippen LogP contribution in [0.4, 0.5) is 0 Å². The largest absolute Gasteiger partial charge is 0.443 e. The van der Waals surface area contributed by atoms with Crippen LogP contribution in [-0.4, -0.2) is 32.2 Å². The fourth-order valence-corrected chi connectivity index (χ4v) is 8.58. The van der Waals surface area contributed by atoms with Crippen LogP contribution in [0.2, 0.25) is 5.02 Å². The Morgan fingerprint density at radius 2 is 1.77 bits per heavy atom. The number of aliphatic hydroxyl groups is 1. The number of benzene rings is 3. The summed E-state index contributed by atoms with van der Waals surface area (Å²) in [6.45, 7) is 0. The summed E-state index contributed by atoms with van der Waals surface area (Å²) in [5.41, 5.74) is 3.42. The minimum atomic E-state index is -0.530. The number of oxazole rings is 1. The summed E-state index contributed by atoms with van der Waals surface area (Å²) in [6, 6.07) is 22.6. The molecule has 4 saturated carbocycles. The number of fused-ring (bicyclic) bond motifs is 1. The number of hydrogen-bond donors (Lipinski definition) is 2. The summed E-state index contributed by atoms with van der Waals surface area (Å²) >= 11 is 6.42. The third-order valence-corrected chi connectivity index (χ3v) is 10.2. The second-order valence-corrected chi connectivity index (χ2v) is 13.3. The topological polar surface area (TPSA) is 97.4 Å². The lowest BCUT2D eigenvalue weighted by Gasteiger charge is -2.58. The molecule has 3 aromatic carbocycles. The van der Waals surface area contributed by atoms with Crippen LogP contribution in [-0.2, 0) is 6.42 Å². The van der Waals surface area contributed by atoms with Gasteiger partial charge in [0.05, 0.1) is 17.3 Å². The molecule has 5 atom stereocenters. The van der Waals surface area contributed by atoms with Gasteiger partial charge in [0.2, 0.25) is 5.89 Å². The second-order valence-electron chi connectivity index (χ2n) is 12.9. The van der Waals surface area contributed by atoms with E-state index in [9.17, 15) is 14.7 Å². The van der Waals surface area contributed by atoms with Gasteiger partial charge in [0.15, 0.2) is 5.43 Å². The number of para-hydroxylation sites is 1. The Balaban J connectivity index is 1.14. The molecule has 2 heterocycles. The van der Waals surface area contributed by atoms with Crippen molar-refractivity contribution in [2.45, 2.75) is 50.2 Å². The van der Waals surface area contributed by atoms with Crippen LogP contribution in [0.15, 0.2) is 94.5 Å². The van der Waals surface area contributed by atoms with E-state index in [-0.39, 0.29) is 17.4 Å². The van der Waals surface area contributed by atoms with E-state index in [1.807, 2.05) is 59.2 Å². The molecule has 0 unspecified atom stereocenters. The fraction of sp³-hybridized carbons (Fsp3) is 0.306. The van der Waals surface area contributed by atoms with E-state index in [4.69, 9.17) is 16.0 Å². The zero-order valence-corrected chi connectivity index (χ0v) is 24.8. The number of hydrogen-bond acceptors (Lipinski definition) is 5. The van der Waals surface area contributed by atoms with Crippen molar-refractivity contribution in [3.05, 3.63) is 117 Å². The zero-order chi connectivity index (χ0) is 30.0. The first-order chi connectivity index (χ1) is 21.3. The van der Waals surface area contributed by atoms with E-state index in [0.29, 0.717) is 62.8 Å². The Morgan fingerprint density at radius 3 is 2.45 bits per heavy atom. The number of amides is 1. The van der Waals surface area contributed by atoms with Gasteiger partial charge in [-0.25, -0.2) is 4.98 Å². The van der Waals surface area contributed by atoms with Gasteiger partial charge in [-0.2, -0.15) is 0 Å². The molecule has 7 nitrogen and oxygen atoms in total. The Labute approximate surface area is 259 Å². The lowest BCUT2D eigenvalue weighted by molar-refractivity contribution is -0.136. The first-order valence-corrected chi connectivity index (χ1v) is 15.7. The molecule has 4 aliphatic carbocycles. The van der Waals surface area contributed by atoms with Gasteiger partial charge in [0, 0.05) is 39.7 Å². The molecule has 4 fully saturated rings. The molecule has 2 N–H and O–H groups in total. The average molecular weight is 606 g/mol. The van der Waals surface area contributed by atoms with Crippen molar-refractivity contribution in [2.75, 3.05) is 0 Å². The minimum absolute atomic E-state index is 0.0875. The van der Waals surface area contributed by atoms with Gasteiger partial charge in [-0.3, -0.25) is 9.59 Å². The number of carbonyl (C=O) groups is 1. The number of halogens is 1. The number of aromatic nitrogens is 2. The molecule has 0 radical (unpaired) electrons. The number of rotatable bonds is 6. The summed E-state index contributed by atoms with van der Waals surface area (Å²) in [6.07, 6.45) is 8.06. The standard InChI is InChI=1S/C36H32ClN3O4/c37-26-10-11-28-30(17-26)40(27-4-2-1-3-5-27)32(35-38-12-13-44-35)29(33(28)41)16-21-6-8-23(9-7-21)34(42)39-31-24-14-22-15-25(31)20-36(43,18-22)19-24/h1-13,17,22,24-25,31,43H,14-16,18-20H2,(H,39,42)/t22-,24-,25+,31-,36-. The van der Waals surface area contributed by atoms with Crippen LogP contribution >= 0.6 is 11.6 Å². The van der Waals surface area contributed by atoms with Crippen molar-refractivity contribution < 1.29 is 14.3 Å². The normalized spacial score (nSPS) is 25.4. The van der Waals surface area contributed by atoms with Gasteiger partial charge >= 0.3 is 0 Å². The maximum atomic E-state index is 14.1. The molecule has 9 rings (SSSR count). The Bertz CT molecular complexity index is 1920. The van der Waals surface area contributed by atoms with Crippen LogP contribution in [0.3, 0.4) is 0 Å². The van der Waals surface area contributed by atoms with Gasteiger partial charge in [0.1, 0.15) is 12.0 Å². The van der Waals surface area contributed by atoms with Crippen molar-refractivity contribution >= 4 is 28.4 Å². The number of carbonyl (C=O) groups excluding carboxylic acids is 1. The lowest BCUT2D eigenvalue weighted by Crippen LogP contribution is -2.61. The van der Waals surface area contributed by atoms with Crippen molar-refractivity contribution in [3.63, 3.8) is 0 Å². The fourth-order valence-electron chi connectivity index (χ4n) is 8.41. The third kappa shape index (κ3) is 4.66. The predicted octanol–water partition coefficient (Wildman–Crippen LogP) is 6.56. The van der Waals surface area contributed by atoms with Gasteiger partial charge in [-0.1, -0.05) is 41.9 Å². The van der Waals surface area contributed by atoms with Crippen LogP contribution in [0.1, 0.15) is 53.6 Å². The monoisotopic (exact) mass is 605 g/mol. The first-order valence-electron chi connectivity index (χ1n) is 15.3. The van der Waals surface area contributed by atoms with Gasteiger partial charge in [0.25, 0.3) is 5.91 Å². The molecule has 222 valence electrons. The highest BCUT2D eigenvalue weighted by Gasteiger charge is 2.55. The molecular formula is C36H32ClN3O4. The maximum Gasteiger partial charge on any atom is 0.251 e. The van der Waals surface area contributed by atoms with Crippen molar-refractivity contribution in [1.82, 2.24) is 14.9 Å². The molecule has 0 saturated heterocycles. The van der Waals surface area contributed by atoms with Gasteiger partial charge in [-0.05, 0) is 97.9 Å². The van der Waals surface area contributed by atoms with E-state index in [2.05, 4.69) is 10.3 Å². The zero-order valence-electron chi connectivity index (χ0n) is 24.1. The van der Waals surface area contributed by atoms with Crippen molar-refractivity contribution in [1.29, 1.82) is 0 Å². The van der Waals surface area contributed by atoms with E-state index in [1.165, 1.54) is 6.26 Å². The Hall–Kier alpha value is -4.20. The smallest absolute Gasteiger partial charge is 0.251 e. The molecule has 2 aromatic heterocycles.